The predicted octanol–water partition coefficient (Wildman–Crippen LogP) is 2.88. The van der Waals surface area contributed by atoms with Crippen molar-refractivity contribution in [1.82, 2.24) is 4.98 Å². The van der Waals surface area contributed by atoms with Gasteiger partial charge in [-0.1, -0.05) is 12.1 Å². The summed E-state index contributed by atoms with van der Waals surface area (Å²) in [6.07, 6.45) is 0. The zero-order valence-electron chi connectivity index (χ0n) is 9.87. The van der Waals surface area contributed by atoms with Gasteiger partial charge in [0.1, 0.15) is 12.4 Å². The molecule has 0 N–H and O–H groups in total. The Hall–Kier alpha value is -2.43. The van der Waals surface area contributed by atoms with Crippen LogP contribution in [0, 0.1) is 17.0 Å². The van der Waals surface area contributed by atoms with Gasteiger partial charge in [0, 0.05) is 11.8 Å². The van der Waals surface area contributed by atoms with E-state index in [1.165, 1.54) is 12.1 Å². The second-order valence-corrected chi connectivity index (χ2v) is 3.81. The van der Waals surface area contributed by atoms with Gasteiger partial charge >= 0.3 is 0 Å². The van der Waals surface area contributed by atoms with Crippen LogP contribution in [0.2, 0.25) is 0 Å². The van der Waals surface area contributed by atoms with Crippen molar-refractivity contribution >= 4 is 5.69 Å². The number of nitro benzene ring substituents is 1. The average molecular weight is 244 g/mol. The molecule has 0 unspecified atom stereocenters. The maximum Gasteiger partial charge on any atom is 0.273 e. The van der Waals surface area contributed by atoms with Gasteiger partial charge in [-0.2, -0.15) is 0 Å². The molecular formula is C13H12N2O3. The number of nitro groups is 1. The number of aromatic nitrogens is 1. The number of nitrogens with zero attached hydrogens (tertiary/aromatic N) is 2. The molecule has 0 bridgehead atoms. The summed E-state index contributed by atoms with van der Waals surface area (Å²) in [5, 5.41) is 10.6. The first-order valence-electron chi connectivity index (χ1n) is 5.45. The van der Waals surface area contributed by atoms with E-state index in [0.717, 1.165) is 11.4 Å². The van der Waals surface area contributed by atoms with Crippen LogP contribution in [-0.4, -0.2) is 9.91 Å². The normalized spacial score (nSPS) is 10.1. The largest absolute Gasteiger partial charge is 0.487 e. The summed E-state index contributed by atoms with van der Waals surface area (Å²) < 4.78 is 5.47. The van der Waals surface area contributed by atoms with Crippen molar-refractivity contribution in [3.05, 3.63) is 64.0 Å². The molecule has 0 amide bonds. The standard InChI is InChI=1S/C13H12N2O3/c1-10-4-2-5-11(14-10)9-18-13-7-3-6-12(8-13)15(16)17/h2-8H,9H2,1H3. The lowest BCUT2D eigenvalue weighted by Crippen LogP contribution is -1.99. The lowest BCUT2D eigenvalue weighted by atomic mass is 10.3. The average Bonchev–Trinajstić information content (AvgIpc) is 2.37. The minimum absolute atomic E-state index is 0.0182. The van der Waals surface area contributed by atoms with Crippen molar-refractivity contribution in [2.24, 2.45) is 0 Å². The van der Waals surface area contributed by atoms with E-state index in [2.05, 4.69) is 4.98 Å². The van der Waals surface area contributed by atoms with Gasteiger partial charge in [-0.3, -0.25) is 15.1 Å². The van der Waals surface area contributed by atoms with Gasteiger partial charge in [0.05, 0.1) is 16.7 Å². The molecule has 2 rings (SSSR count). The summed E-state index contributed by atoms with van der Waals surface area (Å²) in [6, 6.07) is 11.8. The van der Waals surface area contributed by atoms with Gasteiger partial charge in [0.25, 0.3) is 5.69 Å². The van der Waals surface area contributed by atoms with Crippen molar-refractivity contribution in [2.75, 3.05) is 0 Å². The summed E-state index contributed by atoms with van der Waals surface area (Å²) in [5.41, 5.74) is 1.72. The molecule has 0 aliphatic rings. The van der Waals surface area contributed by atoms with Crippen LogP contribution in [0.1, 0.15) is 11.4 Å². The highest BCUT2D eigenvalue weighted by Crippen LogP contribution is 2.19. The van der Waals surface area contributed by atoms with Crippen LogP contribution >= 0.6 is 0 Å². The van der Waals surface area contributed by atoms with E-state index in [-0.39, 0.29) is 5.69 Å². The van der Waals surface area contributed by atoms with Crippen LogP contribution in [0.4, 0.5) is 5.69 Å². The van der Waals surface area contributed by atoms with E-state index >= 15 is 0 Å². The monoisotopic (exact) mass is 244 g/mol. The third kappa shape index (κ3) is 3.04. The number of benzene rings is 1. The molecule has 18 heavy (non-hydrogen) atoms. The fraction of sp³-hybridized carbons (Fsp3) is 0.154. The maximum absolute atomic E-state index is 10.6. The fourth-order valence-electron chi connectivity index (χ4n) is 1.52. The van der Waals surface area contributed by atoms with Gasteiger partial charge < -0.3 is 4.74 Å². The summed E-state index contributed by atoms with van der Waals surface area (Å²) in [5.74, 6) is 0.465. The molecule has 5 heteroatoms. The zero-order chi connectivity index (χ0) is 13.0. The SMILES string of the molecule is Cc1cccc(COc2cccc([N+](=O)[O-])c2)n1. The van der Waals surface area contributed by atoms with E-state index in [1.807, 2.05) is 25.1 Å². The van der Waals surface area contributed by atoms with Gasteiger partial charge in [-0.25, -0.2) is 0 Å². The molecule has 0 saturated heterocycles. The number of aryl methyl sites for hydroxylation is 1. The van der Waals surface area contributed by atoms with Crippen LogP contribution < -0.4 is 4.74 Å². The molecule has 0 fully saturated rings. The van der Waals surface area contributed by atoms with Crippen LogP contribution in [0.3, 0.4) is 0 Å². The molecule has 2 aromatic rings. The molecule has 1 aromatic carbocycles. The number of hydrogen-bond acceptors (Lipinski definition) is 4. The van der Waals surface area contributed by atoms with Gasteiger partial charge in [0.15, 0.2) is 0 Å². The van der Waals surface area contributed by atoms with Crippen molar-refractivity contribution in [1.29, 1.82) is 0 Å². The molecule has 1 aromatic heterocycles. The lowest BCUT2D eigenvalue weighted by molar-refractivity contribution is -0.384. The number of ether oxygens (including phenoxy) is 1. The molecule has 0 spiro atoms. The lowest BCUT2D eigenvalue weighted by Gasteiger charge is -2.05. The fourth-order valence-corrected chi connectivity index (χ4v) is 1.52. The van der Waals surface area contributed by atoms with E-state index in [9.17, 15) is 10.1 Å². The quantitative estimate of drug-likeness (QED) is 0.612. The molecule has 1 heterocycles. The van der Waals surface area contributed by atoms with E-state index < -0.39 is 4.92 Å². The van der Waals surface area contributed by atoms with Crippen molar-refractivity contribution in [3.63, 3.8) is 0 Å². The molecule has 0 aliphatic heterocycles. The number of non-ortho nitro benzene ring substituents is 1. The smallest absolute Gasteiger partial charge is 0.273 e. The number of hydrogen-bond donors (Lipinski definition) is 0. The van der Waals surface area contributed by atoms with E-state index in [4.69, 9.17) is 4.74 Å². The van der Waals surface area contributed by atoms with Gasteiger partial charge in [0.2, 0.25) is 0 Å². The van der Waals surface area contributed by atoms with Gasteiger partial charge in [-0.15, -0.1) is 0 Å². The Labute approximate surface area is 104 Å². The summed E-state index contributed by atoms with van der Waals surface area (Å²) in [4.78, 5) is 14.4. The predicted molar refractivity (Wildman–Crippen MR) is 66.4 cm³/mol. The van der Waals surface area contributed by atoms with Gasteiger partial charge in [-0.05, 0) is 25.1 Å². The summed E-state index contributed by atoms with van der Waals surface area (Å²) >= 11 is 0. The Kier molecular flexibility index (Phi) is 3.52. The highest BCUT2D eigenvalue weighted by atomic mass is 16.6. The first kappa shape index (κ1) is 12.0. The Bertz CT molecular complexity index is 570. The third-order valence-electron chi connectivity index (χ3n) is 2.36. The van der Waals surface area contributed by atoms with Crippen LogP contribution in [0.15, 0.2) is 42.5 Å². The number of pyridine rings is 1. The Morgan fingerprint density at radius 1 is 1.28 bits per heavy atom. The molecule has 0 radical (unpaired) electrons. The maximum atomic E-state index is 10.6. The Morgan fingerprint density at radius 2 is 2.06 bits per heavy atom. The Balaban J connectivity index is 2.06. The van der Waals surface area contributed by atoms with Crippen LogP contribution in [0.25, 0.3) is 0 Å². The second-order valence-electron chi connectivity index (χ2n) is 3.81. The summed E-state index contributed by atoms with van der Waals surface area (Å²) in [7, 11) is 0. The molecule has 92 valence electrons. The van der Waals surface area contributed by atoms with E-state index in [1.54, 1.807) is 12.1 Å². The van der Waals surface area contributed by atoms with Crippen LogP contribution in [-0.2, 0) is 6.61 Å². The van der Waals surface area contributed by atoms with Crippen LogP contribution in [0.5, 0.6) is 5.75 Å². The first-order valence-corrected chi connectivity index (χ1v) is 5.45. The first-order chi connectivity index (χ1) is 8.65. The second kappa shape index (κ2) is 5.27. The number of rotatable bonds is 4. The molecule has 0 aliphatic carbocycles. The molecular weight excluding hydrogens is 232 g/mol. The zero-order valence-corrected chi connectivity index (χ0v) is 9.87. The van der Waals surface area contributed by atoms with E-state index in [0.29, 0.717) is 12.4 Å². The highest BCUT2D eigenvalue weighted by Gasteiger charge is 2.06. The topological polar surface area (TPSA) is 65.3 Å². The minimum Gasteiger partial charge on any atom is -0.487 e. The molecule has 0 atom stereocenters. The summed E-state index contributed by atoms with van der Waals surface area (Å²) in [6.45, 7) is 2.19. The molecule has 5 nitrogen and oxygen atoms in total. The van der Waals surface area contributed by atoms with Crippen molar-refractivity contribution in [3.8, 4) is 5.75 Å². The molecule has 0 saturated carbocycles. The minimum atomic E-state index is -0.447. The van der Waals surface area contributed by atoms with Crippen molar-refractivity contribution < 1.29 is 9.66 Å². The Morgan fingerprint density at radius 3 is 2.78 bits per heavy atom. The highest BCUT2D eigenvalue weighted by molar-refractivity contribution is 5.38. The van der Waals surface area contributed by atoms with Crippen molar-refractivity contribution in [2.45, 2.75) is 13.5 Å². The third-order valence-corrected chi connectivity index (χ3v) is 2.36.